The van der Waals surface area contributed by atoms with Crippen LogP contribution in [-0.4, -0.2) is 16.6 Å². The van der Waals surface area contributed by atoms with E-state index in [-0.39, 0.29) is 11.9 Å². The van der Waals surface area contributed by atoms with E-state index in [1.54, 1.807) is 13.0 Å². The van der Waals surface area contributed by atoms with Crippen molar-refractivity contribution >= 4 is 11.3 Å². The van der Waals surface area contributed by atoms with Crippen LogP contribution in [0, 0.1) is 5.82 Å². The third-order valence-electron chi connectivity index (χ3n) is 3.26. The van der Waals surface area contributed by atoms with Crippen LogP contribution in [0.4, 0.5) is 4.39 Å². The highest BCUT2D eigenvalue weighted by molar-refractivity contribution is 7.10. The molecular weight excluding hydrogens is 275 g/mol. The van der Waals surface area contributed by atoms with E-state index in [9.17, 15) is 9.50 Å². The summed E-state index contributed by atoms with van der Waals surface area (Å²) in [4.78, 5) is 5.02. The van der Waals surface area contributed by atoms with Gasteiger partial charge in [0.25, 0.3) is 0 Å². The van der Waals surface area contributed by atoms with Crippen LogP contribution in [0.25, 0.3) is 0 Å². The second-order valence-electron chi connectivity index (χ2n) is 4.99. The predicted octanol–water partition coefficient (Wildman–Crippen LogP) is 3.23. The molecule has 2 atom stereocenters. The van der Waals surface area contributed by atoms with Crippen LogP contribution in [0.3, 0.4) is 0 Å². The van der Waals surface area contributed by atoms with Crippen molar-refractivity contribution < 1.29 is 9.50 Å². The molecule has 0 bridgehead atoms. The maximum atomic E-state index is 12.9. The Hall–Kier alpha value is -1.30. The summed E-state index contributed by atoms with van der Waals surface area (Å²) in [5.41, 5.74) is -0.127. The Morgan fingerprint density at radius 1 is 1.45 bits per heavy atom. The van der Waals surface area contributed by atoms with Gasteiger partial charge in [-0.2, -0.15) is 0 Å². The lowest BCUT2D eigenvalue weighted by atomic mass is 10.0. The average molecular weight is 294 g/mol. The zero-order chi connectivity index (χ0) is 14.6. The fraction of sp³-hybridized carbons (Fsp3) is 0.400. The molecule has 2 heterocycles. The molecule has 2 unspecified atom stereocenters. The van der Waals surface area contributed by atoms with Crippen molar-refractivity contribution in [3.8, 4) is 0 Å². The number of aliphatic hydroxyl groups is 1. The van der Waals surface area contributed by atoms with Gasteiger partial charge in [0.1, 0.15) is 11.4 Å². The van der Waals surface area contributed by atoms with E-state index in [2.05, 4.69) is 10.3 Å². The van der Waals surface area contributed by atoms with Gasteiger partial charge >= 0.3 is 0 Å². The van der Waals surface area contributed by atoms with E-state index in [4.69, 9.17) is 0 Å². The minimum Gasteiger partial charge on any atom is -0.383 e. The number of rotatable bonds is 6. The van der Waals surface area contributed by atoms with E-state index in [0.29, 0.717) is 6.54 Å². The molecule has 2 rings (SSSR count). The van der Waals surface area contributed by atoms with E-state index in [1.807, 2.05) is 24.4 Å². The summed E-state index contributed by atoms with van der Waals surface area (Å²) in [7, 11) is 0. The number of nitrogens with zero attached hydrogens (tertiary/aromatic N) is 1. The summed E-state index contributed by atoms with van der Waals surface area (Å²) in [6.07, 6.45) is 2.04. The lowest BCUT2D eigenvalue weighted by molar-refractivity contribution is 0.0571. The second kappa shape index (κ2) is 6.43. The van der Waals surface area contributed by atoms with Gasteiger partial charge in [0, 0.05) is 17.5 Å². The number of hydrogen-bond donors (Lipinski definition) is 2. The number of halogens is 1. The second-order valence-corrected chi connectivity index (χ2v) is 5.94. The summed E-state index contributed by atoms with van der Waals surface area (Å²) >= 11 is 1.53. The minimum absolute atomic E-state index is 0.00189. The fourth-order valence-corrected chi connectivity index (χ4v) is 2.83. The topological polar surface area (TPSA) is 45.1 Å². The highest BCUT2D eigenvalue weighted by Gasteiger charge is 2.25. The fourth-order valence-electron chi connectivity index (χ4n) is 2.05. The highest BCUT2D eigenvalue weighted by atomic mass is 32.1. The zero-order valence-corrected chi connectivity index (χ0v) is 12.5. The van der Waals surface area contributed by atoms with Gasteiger partial charge in [-0.15, -0.1) is 11.3 Å². The maximum Gasteiger partial charge on any atom is 0.141 e. The smallest absolute Gasteiger partial charge is 0.141 e. The number of nitrogens with one attached hydrogen (secondary N) is 1. The molecule has 0 amide bonds. The van der Waals surface area contributed by atoms with Crippen LogP contribution < -0.4 is 5.32 Å². The molecule has 0 aliphatic rings. The molecule has 2 aromatic heterocycles. The molecule has 2 aromatic rings. The molecule has 0 radical (unpaired) electrons. The normalized spacial score (nSPS) is 15.8. The first-order valence-corrected chi connectivity index (χ1v) is 7.52. The summed E-state index contributed by atoms with van der Waals surface area (Å²) in [5.74, 6) is -0.339. The van der Waals surface area contributed by atoms with Gasteiger partial charge in [0.05, 0.1) is 11.9 Å². The van der Waals surface area contributed by atoms with Gasteiger partial charge < -0.3 is 10.4 Å². The van der Waals surface area contributed by atoms with Gasteiger partial charge in [-0.1, -0.05) is 13.0 Å². The van der Waals surface area contributed by atoms with E-state index in [0.717, 1.165) is 17.0 Å². The van der Waals surface area contributed by atoms with Crippen LogP contribution in [0.1, 0.15) is 36.9 Å². The van der Waals surface area contributed by atoms with Gasteiger partial charge in [-0.25, -0.2) is 4.39 Å². The first-order valence-electron chi connectivity index (χ1n) is 6.64. The molecule has 0 spiro atoms. The molecule has 5 heteroatoms. The van der Waals surface area contributed by atoms with Crippen LogP contribution >= 0.6 is 11.3 Å². The standard InChI is InChI=1S/C15H19FN2OS/c1-3-12(13-7-6-11(16)9-17-13)18-10-15(2,19)14-5-4-8-20-14/h4-9,12,18-19H,3,10H2,1-2H3. The molecule has 108 valence electrons. The molecular formula is C15H19FN2OS. The number of hydrogen-bond acceptors (Lipinski definition) is 4. The van der Waals surface area contributed by atoms with Crippen LogP contribution in [0.15, 0.2) is 35.8 Å². The molecule has 0 aliphatic heterocycles. The largest absolute Gasteiger partial charge is 0.383 e. The zero-order valence-electron chi connectivity index (χ0n) is 11.6. The Morgan fingerprint density at radius 3 is 2.80 bits per heavy atom. The predicted molar refractivity (Wildman–Crippen MR) is 79.1 cm³/mol. The Balaban J connectivity index is 2.02. The van der Waals surface area contributed by atoms with Crippen molar-refractivity contribution in [3.63, 3.8) is 0 Å². The average Bonchev–Trinajstić information content (AvgIpc) is 2.96. The van der Waals surface area contributed by atoms with E-state index < -0.39 is 5.60 Å². The molecule has 0 saturated heterocycles. The molecule has 0 fully saturated rings. The minimum atomic E-state index is -0.915. The summed E-state index contributed by atoms with van der Waals surface area (Å²) in [6, 6.07) is 6.93. The lowest BCUT2D eigenvalue weighted by Crippen LogP contribution is -2.36. The number of pyridine rings is 1. The molecule has 0 saturated carbocycles. The van der Waals surface area contributed by atoms with Crippen molar-refractivity contribution in [2.75, 3.05) is 6.54 Å². The van der Waals surface area contributed by atoms with Crippen LogP contribution in [0.5, 0.6) is 0 Å². The molecule has 20 heavy (non-hydrogen) atoms. The summed E-state index contributed by atoms with van der Waals surface area (Å²) in [5, 5.41) is 15.7. The third-order valence-corrected chi connectivity index (χ3v) is 4.38. The third kappa shape index (κ3) is 3.62. The van der Waals surface area contributed by atoms with Crippen molar-refractivity contribution in [2.24, 2.45) is 0 Å². The molecule has 3 nitrogen and oxygen atoms in total. The Kier molecular flexibility index (Phi) is 4.86. The van der Waals surface area contributed by atoms with Crippen molar-refractivity contribution in [1.82, 2.24) is 10.3 Å². The maximum absolute atomic E-state index is 12.9. The lowest BCUT2D eigenvalue weighted by Gasteiger charge is -2.26. The van der Waals surface area contributed by atoms with Gasteiger partial charge in [-0.3, -0.25) is 4.98 Å². The van der Waals surface area contributed by atoms with Crippen LogP contribution in [0.2, 0.25) is 0 Å². The van der Waals surface area contributed by atoms with Crippen LogP contribution in [-0.2, 0) is 5.60 Å². The van der Waals surface area contributed by atoms with Gasteiger partial charge in [0.2, 0.25) is 0 Å². The first-order chi connectivity index (χ1) is 9.53. The quantitative estimate of drug-likeness (QED) is 0.860. The molecule has 2 N–H and O–H groups in total. The summed E-state index contributed by atoms with van der Waals surface area (Å²) < 4.78 is 12.9. The summed E-state index contributed by atoms with van der Waals surface area (Å²) in [6.45, 7) is 4.24. The Labute approximate surface area is 122 Å². The van der Waals surface area contributed by atoms with Crippen molar-refractivity contribution in [1.29, 1.82) is 0 Å². The number of thiophene rings is 1. The highest BCUT2D eigenvalue weighted by Crippen LogP contribution is 2.25. The van der Waals surface area contributed by atoms with E-state index in [1.165, 1.54) is 23.6 Å². The Bertz CT molecular complexity index is 525. The van der Waals surface area contributed by atoms with Crippen molar-refractivity contribution in [2.45, 2.75) is 31.9 Å². The van der Waals surface area contributed by atoms with Gasteiger partial charge in [0.15, 0.2) is 0 Å². The first kappa shape index (κ1) is 15.1. The van der Waals surface area contributed by atoms with E-state index >= 15 is 0 Å². The SMILES string of the molecule is CCC(NCC(C)(O)c1cccs1)c1ccc(F)cn1. The monoisotopic (exact) mass is 294 g/mol. The molecule has 0 aliphatic carbocycles. The van der Waals surface area contributed by atoms with Gasteiger partial charge in [-0.05, 0) is 36.9 Å². The number of aromatic nitrogens is 1. The molecule has 0 aromatic carbocycles. The Morgan fingerprint density at radius 2 is 2.25 bits per heavy atom. The van der Waals surface area contributed by atoms with Crippen molar-refractivity contribution in [3.05, 3.63) is 52.2 Å².